The zero-order valence-electron chi connectivity index (χ0n) is 38.3. The minimum absolute atomic E-state index is 0.166. The van der Waals surface area contributed by atoms with E-state index in [9.17, 15) is 19.8 Å². The summed E-state index contributed by atoms with van der Waals surface area (Å²) in [5, 5.41) is 21.7. The molecule has 2 N–H and O–H groups in total. The summed E-state index contributed by atoms with van der Waals surface area (Å²) in [4.78, 5) is 24.2. The summed E-state index contributed by atoms with van der Waals surface area (Å²) in [5.74, 6) is -0.493. The maximum atomic E-state index is 12.7. The second-order valence-corrected chi connectivity index (χ2v) is 18.9. The van der Waals surface area contributed by atoms with E-state index in [1.165, 1.54) is 32.6 Å². The van der Waals surface area contributed by atoms with Crippen LogP contribution in [0.3, 0.4) is 0 Å². The number of hydrogen-bond acceptors (Lipinski definition) is 7. The molecule has 3 fully saturated rings. The van der Waals surface area contributed by atoms with Crippen LogP contribution in [0.25, 0.3) is 0 Å². The number of allylic oxidation sites excluding steroid dienone is 13. The lowest BCUT2D eigenvalue weighted by atomic mass is 9.63. The Balaban J connectivity index is 1.63. The van der Waals surface area contributed by atoms with E-state index in [4.69, 9.17) is 14.2 Å². The van der Waals surface area contributed by atoms with Crippen molar-refractivity contribution in [3.63, 3.8) is 0 Å². The Labute approximate surface area is 357 Å². The van der Waals surface area contributed by atoms with Crippen LogP contribution in [0, 0.1) is 10.8 Å². The molecule has 0 spiro atoms. The van der Waals surface area contributed by atoms with E-state index in [1.807, 2.05) is 87.6 Å². The molecule has 0 radical (unpaired) electrons. The molecule has 0 aromatic carbocycles. The monoisotopic (exact) mass is 813 g/mol. The Bertz CT molecular complexity index is 1750. The SMILES string of the molecule is CCCCCCCCCC(=O)OCC(C=CC12OC1(C)CC(O)CC2(C)C)=CC=CC(C)=CC=CC=C(C)C=CC=C(C)C=C=C1C(C)(C)CC(OC(C)=O)CC1(C)O. The highest BCUT2D eigenvalue weighted by Gasteiger charge is 2.74. The highest BCUT2D eigenvalue weighted by Crippen LogP contribution is 2.66. The average Bonchev–Trinajstić information content (AvgIpc) is 3.74. The number of unbranched alkanes of at least 4 members (excludes halogenated alkanes) is 6. The largest absolute Gasteiger partial charge is 0.462 e. The fourth-order valence-electron chi connectivity index (χ4n) is 9.04. The van der Waals surface area contributed by atoms with Crippen LogP contribution in [-0.2, 0) is 23.8 Å². The average molecular weight is 813 g/mol. The number of aliphatic hydroxyl groups is 2. The molecule has 3 aliphatic rings. The predicted octanol–water partition coefficient (Wildman–Crippen LogP) is 12.0. The molecule has 3 rings (SSSR count). The van der Waals surface area contributed by atoms with Crippen molar-refractivity contribution >= 4 is 11.9 Å². The van der Waals surface area contributed by atoms with Gasteiger partial charge in [0.1, 0.15) is 23.9 Å². The summed E-state index contributed by atoms with van der Waals surface area (Å²) in [6.07, 6.45) is 36.3. The van der Waals surface area contributed by atoms with Crippen molar-refractivity contribution in [2.45, 2.75) is 182 Å². The minimum Gasteiger partial charge on any atom is -0.462 e. The van der Waals surface area contributed by atoms with E-state index in [0.29, 0.717) is 32.1 Å². The van der Waals surface area contributed by atoms with Gasteiger partial charge < -0.3 is 24.4 Å². The van der Waals surface area contributed by atoms with Gasteiger partial charge in [0.2, 0.25) is 0 Å². The maximum Gasteiger partial charge on any atom is 0.306 e. The quantitative estimate of drug-likeness (QED) is 0.0414. The van der Waals surface area contributed by atoms with Crippen molar-refractivity contribution in [3.8, 4) is 0 Å². The molecule has 0 aromatic heterocycles. The number of aliphatic hydroxyl groups excluding tert-OH is 1. The van der Waals surface area contributed by atoms with Crippen molar-refractivity contribution in [3.05, 3.63) is 113 Å². The van der Waals surface area contributed by atoms with E-state index in [0.717, 1.165) is 47.1 Å². The Morgan fingerprint density at radius 1 is 0.763 bits per heavy atom. The van der Waals surface area contributed by atoms with Crippen molar-refractivity contribution < 1.29 is 34.0 Å². The van der Waals surface area contributed by atoms with Crippen LogP contribution in [0.2, 0.25) is 0 Å². The lowest BCUT2D eigenvalue weighted by Gasteiger charge is -2.44. The van der Waals surface area contributed by atoms with Crippen molar-refractivity contribution in [1.82, 2.24) is 0 Å². The summed E-state index contributed by atoms with van der Waals surface area (Å²) < 4.78 is 17.6. The molecule has 2 saturated carbocycles. The minimum atomic E-state index is -1.12. The summed E-state index contributed by atoms with van der Waals surface area (Å²) in [5.41, 5.74) is 5.63. The topological polar surface area (TPSA) is 106 Å². The fraction of sp³-hybridized carbons (Fsp3) is 0.596. The number of ether oxygens (including phenoxy) is 3. The van der Waals surface area contributed by atoms with Crippen LogP contribution in [0.5, 0.6) is 0 Å². The number of fused-ring (bicyclic) bond motifs is 1. The molecule has 2 aliphatic carbocycles. The first kappa shape index (κ1) is 49.6. The van der Waals surface area contributed by atoms with Gasteiger partial charge in [-0.3, -0.25) is 9.59 Å². The molecule has 5 atom stereocenters. The lowest BCUT2D eigenvalue weighted by Crippen LogP contribution is -2.46. The van der Waals surface area contributed by atoms with Gasteiger partial charge in [0.25, 0.3) is 0 Å². The van der Waals surface area contributed by atoms with Crippen molar-refractivity contribution in [1.29, 1.82) is 0 Å². The summed E-state index contributed by atoms with van der Waals surface area (Å²) in [6, 6.07) is 0. The first-order valence-corrected chi connectivity index (χ1v) is 22.0. The van der Waals surface area contributed by atoms with Crippen LogP contribution in [0.1, 0.15) is 153 Å². The van der Waals surface area contributed by atoms with E-state index in [1.54, 1.807) is 6.92 Å². The Morgan fingerprint density at radius 3 is 1.95 bits per heavy atom. The summed E-state index contributed by atoms with van der Waals surface area (Å²) >= 11 is 0. The third kappa shape index (κ3) is 15.3. The molecule has 0 aromatic rings. The standard InChI is InChI=1S/C52H76O7/c1-12-13-14-15-16-17-18-29-47(55)57-38-43(32-33-52-49(8,9)34-44(54)35-51(52,11)59-52)28-22-27-40(3)24-20-19-23-39(2)25-21-26-41(4)30-31-46-48(6,7)36-45(58-42(5)53)37-50(46,10)56/h19-28,30,32-33,44-45,54,56H,12-18,29,34-38H2,1-11H3. The van der Waals surface area contributed by atoms with E-state index in [2.05, 4.69) is 59.4 Å². The van der Waals surface area contributed by atoms with Gasteiger partial charge in [-0.1, -0.05) is 151 Å². The van der Waals surface area contributed by atoms with Crippen molar-refractivity contribution in [2.75, 3.05) is 6.61 Å². The molecule has 1 saturated heterocycles. The number of esters is 2. The molecule has 7 nitrogen and oxygen atoms in total. The molecule has 0 amide bonds. The molecule has 5 unspecified atom stereocenters. The zero-order valence-corrected chi connectivity index (χ0v) is 38.3. The second-order valence-electron chi connectivity index (χ2n) is 18.9. The Morgan fingerprint density at radius 2 is 1.36 bits per heavy atom. The molecule has 0 bridgehead atoms. The molecular formula is C52H76O7. The van der Waals surface area contributed by atoms with Gasteiger partial charge in [0.05, 0.1) is 11.7 Å². The summed E-state index contributed by atoms with van der Waals surface area (Å²) in [6.45, 7) is 22.2. The van der Waals surface area contributed by atoms with Gasteiger partial charge in [0, 0.05) is 37.2 Å². The first-order valence-electron chi connectivity index (χ1n) is 22.0. The number of hydrogen-bond donors (Lipinski definition) is 2. The van der Waals surface area contributed by atoms with Crippen LogP contribution in [0.4, 0.5) is 0 Å². The summed E-state index contributed by atoms with van der Waals surface area (Å²) in [7, 11) is 0. The highest BCUT2D eigenvalue weighted by molar-refractivity contribution is 5.69. The van der Waals surface area contributed by atoms with Gasteiger partial charge in [-0.25, -0.2) is 0 Å². The number of epoxide rings is 1. The second kappa shape index (κ2) is 22.2. The molecule has 7 heteroatoms. The zero-order chi connectivity index (χ0) is 43.9. The lowest BCUT2D eigenvalue weighted by molar-refractivity contribution is -0.152. The van der Waals surface area contributed by atoms with Crippen LogP contribution in [-0.4, -0.2) is 57.8 Å². The van der Waals surface area contributed by atoms with Crippen molar-refractivity contribution in [2.24, 2.45) is 10.8 Å². The van der Waals surface area contributed by atoms with E-state index in [-0.39, 0.29) is 41.6 Å². The predicted molar refractivity (Wildman–Crippen MR) is 242 cm³/mol. The number of rotatable bonds is 20. The molecule has 1 aliphatic heterocycles. The molecule has 326 valence electrons. The third-order valence-electron chi connectivity index (χ3n) is 12.0. The van der Waals surface area contributed by atoms with Gasteiger partial charge in [-0.2, -0.15) is 0 Å². The first-order chi connectivity index (χ1) is 27.6. The van der Waals surface area contributed by atoms with Crippen LogP contribution in [0.15, 0.2) is 113 Å². The van der Waals surface area contributed by atoms with E-state index >= 15 is 0 Å². The fourth-order valence-corrected chi connectivity index (χ4v) is 9.04. The van der Waals surface area contributed by atoms with E-state index < -0.39 is 16.8 Å². The molecule has 1 heterocycles. The van der Waals surface area contributed by atoms with Crippen LogP contribution >= 0.6 is 0 Å². The van der Waals surface area contributed by atoms with Gasteiger partial charge >= 0.3 is 11.9 Å². The highest BCUT2D eigenvalue weighted by atomic mass is 16.6. The number of carbonyl (C=O) groups excluding carboxylic acids is 2. The van der Waals surface area contributed by atoms with Crippen LogP contribution < -0.4 is 0 Å². The Hall–Kier alpha value is -3.74. The Kier molecular flexibility index (Phi) is 18.7. The van der Waals surface area contributed by atoms with Gasteiger partial charge in [-0.15, -0.1) is 5.73 Å². The van der Waals surface area contributed by atoms with Gasteiger partial charge in [-0.05, 0) is 82.6 Å². The molecular weight excluding hydrogens is 737 g/mol. The van der Waals surface area contributed by atoms with Gasteiger partial charge in [0.15, 0.2) is 0 Å². The third-order valence-corrected chi connectivity index (χ3v) is 12.0. The number of carbonyl (C=O) groups is 2. The smallest absolute Gasteiger partial charge is 0.306 e. The molecule has 59 heavy (non-hydrogen) atoms. The normalized spacial score (nSPS) is 28.7. The maximum absolute atomic E-state index is 12.7.